The predicted molar refractivity (Wildman–Crippen MR) is 124 cm³/mol. The largest absolute Gasteiger partial charge is 0.465 e. The Balaban J connectivity index is 1.60. The lowest BCUT2D eigenvalue weighted by Crippen LogP contribution is -2.64. The topological polar surface area (TPSA) is 69.7 Å². The van der Waals surface area contributed by atoms with E-state index in [1.165, 1.54) is 12.5 Å². The van der Waals surface area contributed by atoms with Crippen LogP contribution in [-0.4, -0.2) is 30.4 Å². The van der Waals surface area contributed by atoms with Crippen molar-refractivity contribution >= 4 is 17.7 Å². The summed E-state index contributed by atoms with van der Waals surface area (Å²) in [7, 11) is 0. The Kier molecular flexibility index (Phi) is 4.89. The van der Waals surface area contributed by atoms with Crippen molar-refractivity contribution in [3.8, 4) is 0 Å². The lowest BCUT2D eigenvalue weighted by atomic mass is 9.38. The fraction of sp³-hybridized carbons (Fsp3) is 0.750. The van der Waals surface area contributed by atoms with Crippen LogP contribution in [0.3, 0.4) is 0 Å². The van der Waals surface area contributed by atoms with Gasteiger partial charge in [0.05, 0.1) is 13.0 Å². The molecule has 0 aromatic carbocycles. The number of ether oxygens (including phenoxy) is 2. The molecule has 33 heavy (non-hydrogen) atoms. The number of carbonyl (C=O) groups is 3. The molecule has 0 aromatic rings. The van der Waals surface area contributed by atoms with Gasteiger partial charge >= 0.3 is 11.9 Å². The van der Waals surface area contributed by atoms with E-state index in [-0.39, 0.29) is 57.8 Å². The molecule has 180 valence electrons. The van der Waals surface area contributed by atoms with Crippen LogP contribution in [0.5, 0.6) is 0 Å². The Bertz CT molecular complexity index is 975. The first-order valence-electron chi connectivity index (χ1n) is 12.6. The third-order valence-electron chi connectivity index (χ3n) is 10.8. The molecule has 0 radical (unpaired) electrons. The highest BCUT2D eigenvalue weighted by molar-refractivity contribution is 5.95. The summed E-state index contributed by atoms with van der Waals surface area (Å²) in [6.07, 6.45) is 10.3. The molecule has 0 amide bonds. The molecule has 0 bridgehead atoms. The maximum absolute atomic E-state index is 12.9. The summed E-state index contributed by atoms with van der Waals surface area (Å²) in [5, 5.41) is 0. The third kappa shape index (κ3) is 2.93. The first-order chi connectivity index (χ1) is 15.3. The van der Waals surface area contributed by atoms with Crippen LogP contribution in [0.1, 0.15) is 73.6 Å². The molecule has 1 heterocycles. The highest BCUT2D eigenvalue weighted by Crippen LogP contribution is 2.72. The van der Waals surface area contributed by atoms with Gasteiger partial charge in [-0.1, -0.05) is 52.3 Å². The van der Waals surface area contributed by atoms with Crippen LogP contribution in [-0.2, 0) is 23.9 Å². The standard InChI is InChI=1S/C28H38O5/c1-16(29)33-23-14-21-25(2,3)22(30)10-12-27(21,5)20-9-11-26(4)18(17-13-24(31)32-15-17)7-8-19(26)28(20,23)6/h8,10,12,17-18,20-21,23H,7,9,11,13-15H2,1-6H3/t17?,18-,20+,21?,23+,26-,27+,28-/m0/s1. The van der Waals surface area contributed by atoms with Crippen molar-refractivity contribution in [3.05, 3.63) is 23.8 Å². The van der Waals surface area contributed by atoms with E-state index in [9.17, 15) is 14.4 Å². The van der Waals surface area contributed by atoms with E-state index in [2.05, 4.69) is 46.8 Å². The number of carbonyl (C=O) groups excluding carboxylic acids is 3. The Hall–Kier alpha value is -1.91. The van der Waals surface area contributed by atoms with Crippen molar-refractivity contribution in [1.29, 1.82) is 0 Å². The molecule has 5 rings (SSSR count). The Morgan fingerprint density at radius 3 is 2.48 bits per heavy atom. The van der Waals surface area contributed by atoms with Gasteiger partial charge in [0.1, 0.15) is 6.10 Å². The normalized spacial score (nSPS) is 47.8. The summed E-state index contributed by atoms with van der Waals surface area (Å²) >= 11 is 0. The zero-order chi connectivity index (χ0) is 24.0. The first-order valence-corrected chi connectivity index (χ1v) is 12.6. The molecule has 8 atom stereocenters. The summed E-state index contributed by atoms with van der Waals surface area (Å²) in [5.41, 5.74) is 0.441. The van der Waals surface area contributed by atoms with Gasteiger partial charge in [-0.2, -0.15) is 0 Å². The average Bonchev–Trinajstić information content (AvgIpc) is 3.30. The van der Waals surface area contributed by atoms with E-state index in [4.69, 9.17) is 9.47 Å². The third-order valence-corrected chi connectivity index (χ3v) is 10.8. The number of esters is 2. The van der Waals surface area contributed by atoms with Crippen molar-refractivity contribution in [3.63, 3.8) is 0 Å². The van der Waals surface area contributed by atoms with Gasteiger partial charge in [-0.05, 0) is 60.3 Å². The molecule has 0 aromatic heterocycles. The van der Waals surface area contributed by atoms with Crippen LogP contribution in [0.4, 0.5) is 0 Å². The molecule has 5 heteroatoms. The molecule has 1 saturated heterocycles. The van der Waals surface area contributed by atoms with Crippen LogP contribution in [0.25, 0.3) is 0 Å². The number of ketones is 1. The lowest BCUT2D eigenvalue weighted by Gasteiger charge is -2.66. The summed E-state index contributed by atoms with van der Waals surface area (Å²) in [4.78, 5) is 37.1. The van der Waals surface area contributed by atoms with Crippen LogP contribution in [0.15, 0.2) is 23.8 Å². The van der Waals surface area contributed by atoms with E-state index in [1.807, 2.05) is 6.08 Å². The minimum atomic E-state index is -0.488. The second kappa shape index (κ2) is 7.05. The van der Waals surface area contributed by atoms with Gasteiger partial charge in [0.15, 0.2) is 5.78 Å². The van der Waals surface area contributed by atoms with Gasteiger partial charge in [0, 0.05) is 23.7 Å². The van der Waals surface area contributed by atoms with Gasteiger partial charge in [-0.15, -0.1) is 0 Å². The quantitative estimate of drug-likeness (QED) is 0.432. The van der Waals surface area contributed by atoms with Gasteiger partial charge in [-0.3, -0.25) is 14.4 Å². The Labute approximate surface area is 197 Å². The SMILES string of the molecule is CC(=O)O[C@@H]1CC2C(C)(C)C(=O)C=C[C@]2(C)[C@H]2CC[C@]3(C)C(=CC[C@H]3C3COC(=O)C3)[C@]12C. The fourth-order valence-electron chi connectivity index (χ4n) is 9.16. The lowest BCUT2D eigenvalue weighted by molar-refractivity contribution is -0.188. The molecule has 5 nitrogen and oxygen atoms in total. The maximum Gasteiger partial charge on any atom is 0.306 e. The Morgan fingerprint density at radius 1 is 1.12 bits per heavy atom. The van der Waals surface area contributed by atoms with Gasteiger partial charge in [0.2, 0.25) is 0 Å². The number of hydrogen-bond donors (Lipinski definition) is 0. The summed E-state index contributed by atoms with van der Waals surface area (Å²) in [5.74, 6) is 0.853. The van der Waals surface area contributed by atoms with E-state index in [0.29, 0.717) is 25.4 Å². The molecular weight excluding hydrogens is 416 g/mol. The molecule has 1 aliphatic heterocycles. The minimum Gasteiger partial charge on any atom is -0.465 e. The highest BCUT2D eigenvalue weighted by Gasteiger charge is 2.68. The van der Waals surface area contributed by atoms with Crippen molar-refractivity contribution in [1.82, 2.24) is 0 Å². The van der Waals surface area contributed by atoms with Gasteiger partial charge < -0.3 is 9.47 Å². The highest BCUT2D eigenvalue weighted by atomic mass is 16.5. The molecule has 3 fully saturated rings. The van der Waals surface area contributed by atoms with Crippen LogP contribution >= 0.6 is 0 Å². The molecule has 0 spiro atoms. The molecule has 4 aliphatic carbocycles. The summed E-state index contributed by atoms with van der Waals surface area (Å²) in [6, 6.07) is 0. The van der Waals surface area contributed by atoms with E-state index >= 15 is 0 Å². The van der Waals surface area contributed by atoms with Crippen LogP contribution in [0, 0.1) is 45.3 Å². The second-order valence-electron chi connectivity index (χ2n) is 12.6. The molecule has 0 N–H and O–H groups in total. The van der Waals surface area contributed by atoms with Crippen molar-refractivity contribution < 1.29 is 23.9 Å². The number of rotatable bonds is 2. The average molecular weight is 455 g/mol. The van der Waals surface area contributed by atoms with Crippen molar-refractivity contribution in [2.45, 2.75) is 79.8 Å². The molecule has 2 unspecified atom stereocenters. The van der Waals surface area contributed by atoms with Gasteiger partial charge in [-0.25, -0.2) is 0 Å². The summed E-state index contributed by atoms with van der Waals surface area (Å²) in [6.45, 7) is 13.1. The number of cyclic esters (lactones) is 1. The molecule has 5 aliphatic rings. The smallest absolute Gasteiger partial charge is 0.306 e. The van der Waals surface area contributed by atoms with E-state index < -0.39 is 5.41 Å². The zero-order valence-corrected chi connectivity index (χ0v) is 20.9. The predicted octanol–water partition coefficient (Wildman–Crippen LogP) is 5.04. The second-order valence-corrected chi connectivity index (χ2v) is 12.6. The molecular formula is C28H38O5. The van der Waals surface area contributed by atoms with E-state index in [1.54, 1.807) is 0 Å². The maximum atomic E-state index is 12.9. The monoisotopic (exact) mass is 454 g/mol. The van der Waals surface area contributed by atoms with Crippen molar-refractivity contribution in [2.24, 2.45) is 45.3 Å². The van der Waals surface area contributed by atoms with E-state index in [0.717, 1.165) is 19.3 Å². The first kappa shape index (κ1) is 22.9. The number of allylic oxidation sites excluding steroid dienone is 3. The van der Waals surface area contributed by atoms with Crippen LogP contribution in [0.2, 0.25) is 0 Å². The fourth-order valence-corrected chi connectivity index (χ4v) is 9.16. The van der Waals surface area contributed by atoms with Gasteiger partial charge in [0.25, 0.3) is 0 Å². The van der Waals surface area contributed by atoms with Crippen molar-refractivity contribution in [2.75, 3.05) is 6.61 Å². The zero-order valence-electron chi connectivity index (χ0n) is 20.9. The van der Waals surface area contributed by atoms with Crippen LogP contribution < -0.4 is 0 Å². The Morgan fingerprint density at radius 2 is 1.85 bits per heavy atom. The number of fused-ring (bicyclic) bond motifs is 5. The minimum absolute atomic E-state index is 0.0325. The number of hydrogen-bond acceptors (Lipinski definition) is 5. The molecule has 2 saturated carbocycles. The summed E-state index contributed by atoms with van der Waals surface area (Å²) < 4.78 is 11.5.